The van der Waals surface area contributed by atoms with Crippen LogP contribution in [0.4, 0.5) is 58.4 Å². The van der Waals surface area contributed by atoms with E-state index >= 15 is 0 Å². The summed E-state index contributed by atoms with van der Waals surface area (Å²) in [6.07, 6.45) is -13.1. The largest absolute Gasteiger partial charge is 0.497 e. The first kappa shape index (κ1) is 55.4. The monoisotopic (exact) mass is 1040 g/mol. The highest BCUT2D eigenvalue weighted by Crippen LogP contribution is 2.39. The van der Waals surface area contributed by atoms with E-state index in [-0.39, 0.29) is 70.7 Å². The molecule has 0 radical (unpaired) electrons. The van der Waals surface area contributed by atoms with E-state index in [9.17, 15) is 62.3 Å². The van der Waals surface area contributed by atoms with Gasteiger partial charge in [-0.05, 0) is 136 Å². The Kier molecular flexibility index (Phi) is 19.9. The molecule has 4 aromatic carbocycles. The van der Waals surface area contributed by atoms with Crippen LogP contribution >= 0.6 is 28.3 Å². The van der Waals surface area contributed by atoms with Crippen LogP contribution in [0.5, 0.6) is 11.5 Å². The number of nitrogens with two attached hydrogens (primary N) is 1. The number of amides is 2. The number of methoxy groups -OCH3 is 2. The van der Waals surface area contributed by atoms with Gasteiger partial charge < -0.3 is 31.2 Å². The van der Waals surface area contributed by atoms with Crippen LogP contribution in [0.25, 0.3) is 0 Å². The van der Waals surface area contributed by atoms with Crippen molar-refractivity contribution < 1.29 is 71.7 Å². The fourth-order valence-corrected chi connectivity index (χ4v) is 7.52. The van der Waals surface area contributed by atoms with Crippen molar-refractivity contribution in [2.24, 2.45) is 5.73 Å². The highest BCUT2D eigenvalue weighted by Gasteiger charge is 2.38. The van der Waals surface area contributed by atoms with Gasteiger partial charge in [-0.3, -0.25) is 9.59 Å². The molecule has 0 bridgehead atoms. The molecule has 4 aromatic rings. The van der Waals surface area contributed by atoms with Crippen molar-refractivity contribution in [2.45, 2.75) is 100 Å². The Bertz CT molecular complexity index is 2120. The third kappa shape index (κ3) is 17.4. The predicted octanol–water partition coefficient (Wildman–Crippen LogP) is 12.5. The zero-order valence-electron chi connectivity index (χ0n) is 35.1. The smallest absolute Gasteiger partial charge is 0.416 e. The first-order chi connectivity index (χ1) is 30.2. The second-order valence-electron chi connectivity index (χ2n) is 15.3. The molecule has 2 aliphatic rings. The summed E-state index contributed by atoms with van der Waals surface area (Å²) in [6, 6.07) is 16.1. The van der Waals surface area contributed by atoms with Crippen LogP contribution in [0.3, 0.4) is 0 Å². The van der Waals surface area contributed by atoms with E-state index in [0.29, 0.717) is 66.8 Å². The van der Waals surface area contributed by atoms with Gasteiger partial charge >= 0.3 is 24.7 Å². The number of nitrogens with one attached hydrogen (secondary N) is 3. The lowest BCUT2D eigenvalue weighted by Gasteiger charge is -2.31. The van der Waals surface area contributed by atoms with E-state index in [1.807, 2.05) is 0 Å². The molecule has 2 amide bonds. The molecule has 5 N–H and O–H groups in total. The molecule has 66 heavy (non-hydrogen) atoms. The van der Waals surface area contributed by atoms with E-state index in [4.69, 9.17) is 15.2 Å². The van der Waals surface area contributed by atoms with Gasteiger partial charge in [-0.1, -0.05) is 15.9 Å². The Morgan fingerprint density at radius 1 is 0.545 bits per heavy atom. The van der Waals surface area contributed by atoms with E-state index in [1.54, 1.807) is 55.6 Å². The van der Waals surface area contributed by atoms with Gasteiger partial charge in [-0.25, -0.2) is 0 Å². The van der Waals surface area contributed by atoms with Crippen molar-refractivity contribution in [2.75, 3.05) is 19.5 Å². The van der Waals surface area contributed by atoms with Crippen molar-refractivity contribution in [1.82, 2.24) is 10.6 Å². The Morgan fingerprint density at radius 2 is 0.894 bits per heavy atom. The second kappa shape index (κ2) is 23.7. The number of benzene rings is 4. The predicted molar refractivity (Wildman–Crippen MR) is 229 cm³/mol. The van der Waals surface area contributed by atoms with Crippen molar-refractivity contribution in [3.63, 3.8) is 0 Å². The van der Waals surface area contributed by atoms with Gasteiger partial charge in [0.15, 0.2) is 0 Å². The number of rotatable bonds is 8. The van der Waals surface area contributed by atoms with Gasteiger partial charge in [0.2, 0.25) is 0 Å². The lowest BCUT2D eigenvalue weighted by Crippen LogP contribution is -2.42. The van der Waals surface area contributed by atoms with Crippen LogP contribution in [0.1, 0.15) is 94.3 Å². The summed E-state index contributed by atoms with van der Waals surface area (Å²) in [7, 11) is 3.12. The van der Waals surface area contributed by atoms with Crippen LogP contribution in [0.15, 0.2) is 89.4 Å². The minimum Gasteiger partial charge on any atom is -0.497 e. The van der Waals surface area contributed by atoms with Gasteiger partial charge in [-0.2, -0.15) is 52.7 Å². The number of alkyl halides is 12. The molecule has 22 heteroatoms. The van der Waals surface area contributed by atoms with Gasteiger partial charge in [0.25, 0.3) is 11.8 Å². The van der Waals surface area contributed by atoms with Crippen LogP contribution in [-0.2, 0) is 24.7 Å². The average molecular weight is 1040 g/mol. The molecular weight excluding hydrogens is 992 g/mol. The Balaban J connectivity index is 0.000000287. The lowest BCUT2D eigenvalue weighted by atomic mass is 9.90. The van der Waals surface area contributed by atoms with Crippen molar-refractivity contribution >= 4 is 45.8 Å². The van der Waals surface area contributed by atoms with E-state index < -0.39 is 47.0 Å². The molecule has 2 aliphatic carbocycles. The van der Waals surface area contributed by atoms with Gasteiger partial charge in [0.05, 0.1) is 36.5 Å². The number of ether oxygens (including phenoxy) is 2. The van der Waals surface area contributed by atoms with E-state index in [2.05, 4.69) is 31.9 Å². The molecule has 0 saturated heterocycles. The maximum absolute atomic E-state index is 13.1. The average Bonchev–Trinajstić information content (AvgIpc) is 3.23. The van der Waals surface area contributed by atoms with Crippen LogP contribution in [-0.4, -0.2) is 50.2 Å². The maximum atomic E-state index is 13.1. The molecule has 364 valence electrons. The summed E-state index contributed by atoms with van der Waals surface area (Å²) in [6.45, 7) is 0. The zero-order chi connectivity index (χ0) is 48.3. The molecule has 0 heterocycles. The van der Waals surface area contributed by atoms with Crippen molar-refractivity contribution in [3.8, 4) is 11.5 Å². The van der Waals surface area contributed by atoms with E-state index in [0.717, 1.165) is 31.4 Å². The molecule has 6 rings (SSSR count). The molecule has 0 aromatic heterocycles. The van der Waals surface area contributed by atoms with Crippen LogP contribution < -0.4 is 31.2 Å². The van der Waals surface area contributed by atoms with Crippen molar-refractivity contribution in [3.05, 3.63) is 123 Å². The molecular formula is C44H46BrClF12N4O4. The van der Waals surface area contributed by atoms with E-state index in [1.165, 1.54) is 7.11 Å². The van der Waals surface area contributed by atoms with Crippen molar-refractivity contribution in [1.29, 1.82) is 0 Å². The fourth-order valence-electron chi connectivity index (χ4n) is 7.02. The number of hydrogen-bond donors (Lipinski definition) is 4. The highest BCUT2D eigenvalue weighted by atomic mass is 79.9. The van der Waals surface area contributed by atoms with Crippen LogP contribution in [0, 0.1) is 0 Å². The summed E-state index contributed by atoms with van der Waals surface area (Å²) in [5.41, 5.74) is 1.36. The SMILES string of the molecule is COc1ccc(C(=O)N[C@@H]2CCC[C@H](N)C2)cc1.COc1ccc(C(=O)N[C@@H]2CCC[C@H](Nc3cc(C(F)(F)F)cc(C(F)(F)F)c3)C2)cc1.Cl.FC(F)(F)c1cc(Br)cc(C(F)(F)F)c1. The first-order valence-corrected chi connectivity index (χ1v) is 20.7. The second-order valence-corrected chi connectivity index (χ2v) is 16.2. The number of hydrogen-bond acceptors (Lipinski definition) is 6. The Morgan fingerprint density at radius 3 is 1.26 bits per heavy atom. The highest BCUT2D eigenvalue weighted by molar-refractivity contribution is 9.10. The first-order valence-electron chi connectivity index (χ1n) is 19.9. The Labute approximate surface area is 386 Å². The molecule has 4 atom stereocenters. The number of halogens is 14. The quantitative estimate of drug-likeness (QED) is 0.131. The molecule has 0 unspecified atom stereocenters. The van der Waals surface area contributed by atoms with Gasteiger partial charge in [0, 0.05) is 45.5 Å². The minimum atomic E-state index is -4.90. The summed E-state index contributed by atoms with van der Waals surface area (Å²) in [4.78, 5) is 24.5. The summed E-state index contributed by atoms with van der Waals surface area (Å²) >= 11 is 2.60. The van der Waals surface area contributed by atoms with Crippen LogP contribution in [0.2, 0.25) is 0 Å². The molecule has 2 fully saturated rings. The molecule has 0 aliphatic heterocycles. The standard InChI is InChI=1S/C22H22F6N2O2.C14H20N2O2.C8H3BrF6.ClH/c1-32-19-7-5-13(6-8-19)20(31)30-17-4-2-3-16(12-17)29-18-10-14(21(23,24)25)9-15(11-18)22(26,27)28;1-18-13-7-5-10(6-8-13)14(17)16-12-4-2-3-11(15)9-12;9-6-2-4(7(10,11)12)1-5(3-6)8(13,14)15;/h5-11,16-17,29H,2-4,12H2,1H3,(H,30,31);5-8,11-12H,2-4,9,15H2,1H3,(H,16,17);1-3H;1H/t16-,17+;11-,12+;;/m00../s1. The maximum Gasteiger partial charge on any atom is 0.416 e. The third-order valence-electron chi connectivity index (χ3n) is 10.3. The Hall–Kier alpha value is -4.89. The minimum absolute atomic E-state index is 0. The lowest BCUT2D eigenvalue weighted by molar-refractivity contribution is -0.144. The normalized spacial score (nSPS) is 18.7. The molecule has 8 nitrogen and oxygen atoms in total. The summed E-state index contributed by atoms with van der Waals surface area (Å²) in [5.74, 6) is 1.02. The number of carbonyl (C=O) groups excluding carboxylic acids is 2. The number of carbonyl (C=O) groups is 2. The molecule has 2 saturated carbocycles. The molecule has 0 spiro atoms. The fraction of sp³-hybridized carbons (Fsp3) is 0.409. The zero-order valence-corrected chi connectivity index (χ0v) is 37.5. The topological polar surface area (TPSA) is 115 Å². The van der Waals surface area contributed by atoms with Gasteiger partial charge in [-0.15, -0.1) is 12.4 Å². The third-order valence-corrected chi connectivity index (χ3v) is 10.7. The number of anilines is 1. The van der Waals surface area contributed by atoms with Gasteiger partial charge in [0.1, 0.15) is 11.5 Å². The summed E-state index contributed by atoms with van der Waals surface area (Å²) < 4.78 is 161. The summed E-state index contributed by atoms with van der Waals surface area (Å²) in [5, 5.41) is 8.72.